The summed E-state index contributed by atoms with van der Waals surface area (Å²) in [5.41, 5.74) is 0.805. The maximum Gasteiger partial charge on any atom is 0.232 e. The Bertz CT molecular complexity index is 1000. The molecule has 0 radical (unpaired) electrons. The Labute approximate surface area is 192 Å². The summed E-state index contributed by atoms with van der Waals surface area (Å²) in [5, 5.41) is 0.699. The lowest BCUT2D eigenvalue weighted by molar-refractivity contribution is -0.119. The molecule has 1 aliphatic rings. The van der Waals surface area contributed by atoms with Gasteiger partial charge < -0.3 is 14.2 Å². The molecule has 1 aromatic heterocycles. The van der Waals surface area contributed by atoms with Crippen LogP contribution in [0.15, 0.2) is 48.5 Å². The summed E-state index contributed by atoms with van der Waals surface area (Å²) in [5.74, 6) is 1.52. The molecule has 0 bridgehead atoms. The van der Waals surface area contributed by atoms with Crippen molar-refractivity contribution in [1.82, 2.24) is 9.88 Å². The molecule has 1 aliphatic heterocycles. The number of thiazole rings is 1. The first-order valence-corrected chi connectivity index (χ1v) is 11.9. The zero-order valence-electron chi connectivity index (χ0n) is 18.4. The van der Waals surface area contributed by atoms with E-state index in [-0.39, 0.29) is 12.3 Å². The van der Waals surface area contributed by atoms with Crippen molar-refractivity contribution in [1.29, 1.82) is 0 Å². The highest BCUT2D eigenvalue weighted by molar-refractivity contribution is 7.22. The van der Waals surface area contributed by atoms with Gasteiger partial charge in [-0.15, -0.1) is 0 Å². The third-order valence-electron chi connectivity index (χ3n) is 5.27. The summed E-state index contributed by atoms with van der Waals surface area (Å²) in [6.45, 7) is 7.44. The second-order valence-electron chi connectivity index (χ2n) is 7.44. The predicted octanol–water partition coefficient (Wildman–Crippen LogP) is 3.83. The van der Waals surface area contributed by atoms with E-state index >= 15 is 0 Å². The molecular weight excluding hydrogens is 426 g/mol. The summed E-state index contributed by atoms with van der Waals surface area (Å²) in [6.07, 6.45) is 0.284. The highest BCUT2D eigenvalue weighted by atomic mass is 32.1. The fourth-order valence-corrected chi connectivity index (χ4v) is 4.63. The Morgan fingerprint density at radius 2 is 1.94 bits per heavy atom. The van der Waals surface area contributed by atoms with Gasteiger partial charge in [0.1, 0.15) is 17.0 Å². The van der Waals surface area contributed by atoms with Gasteiger partial charge in [-0.3, -0.25) is 14.6 Å². The maximum atomic E-state index is 13.2. The topological polar surface area (TPSA) is 64.1 Å². The summed E-state index contributed by atoms with van der Waals surface area (Å²) in [7, 11) is 0. The van der Waals surface area contributed by atoms with Crippen molar-refractivity contribution in [3.05, 3.63) is 48.5 Å². The molecule has 0 spiro atoms. The lowest BCUT2D eigenvalue weighted by Gasteiger charge is -2.29. The van der Waals surface area contributed by atoms with E-state index in [4.69, 9.17) is 19.2 Å². The number of rotatable bonds is 10. The molecule has 2 aromatic carbocycles. The second-order valence-corrected chi connectivity index (χ2v) is 8.45. The van der Waals surface area contributed by atoms with Crippen LogP contribution in [0.2, 0.25) is 0 Å². The number of para-hydroxylation sites is 2. The molecule has 1 amide bonds. The van der Waals surface area contributed by atoms with Gasteiger partial charge in [0.2, 0.25) is 5.91 Å². The lowest BCUT2D eigenvalue weighted by atomic mass is 10.3. The largest absolute Gasteiger partial charge is 0.493 e. The molecule has 0 saturated carbocycles. The van der Waals surface area contributed by atoms with Crippen molar-refractivity contribution in [3.8, 4) is 11.5 Å². The van der Waals surface area contributed by atoms with Gasteiger partial charge in [0.05, 0.1) is 37.5 Å². The fraction of sp³-hybridized carbons (Fsp3) is 0.417. The number of morpholine rings is 1. The van der Waals surface area contributed by atoms with Gasteiger partial charge in [-0.05, 0) is 31.2 Å². The third kappa shape index (κ3) is 5.76. The standard InChI is InChI=1S/C24H29N3O4S/c1-2-30-20-9-6-10-21-23(20)25-24(32-21)27(13-12-26-14-17-29-18-15-26)22(28)11-16-31-19-7-4-3-5-8-19/h3-10H,2,11-18H2,1H3. The first-order chi connectivity index (χ1) is 15.7. The van der Waals surface area contributed by atoms with Crippen LogP contribution in [-0.4, -0.2) is 68.4 Å². The number of nitrogens with zero attached hydrogens (tertiary/aromatic N) is 3. The van der Waals surface area contributed by atoms with E-state index < -0.39 is 0 Å². The Hall–Kier alpha value is -2.68. The van der Waals surface area contributed by atoms with Crippen molar-refractivity contribution in [2.24, 2.45) is 0 Å². The number of hydrogen-bond donors (Lipinski definition) is 0. The van der Waals surface area contributed by atoms with Crippen molar-refractivity contribution in [3.63, 3.8) is 0 Å². The van der Waals surface area contributed by atoms with Crippen LogP contribution >= 0.6 is 11.3 Å². The van der Waals surface area contributed by atoms with Crippen LogP contribution < -0.4 is 14.4 Å². The molecule has 4 rings (SSSR count). The number of benzene rings is 2. The van der Waals surface area contributed by atoms with Crippen LogP contribution in [0.5, 0.6) is 11.5 Å². The Balaban J connectivity index is 1.49. The molecule has 2 heterocycles. The van der Waals surface area contributed by atoms with Crippen LogP contribution in [0.3, 0.4) is 0 Å². The van der Waals surface area contributed by atoms with Crippen LogP contribution in [0.25, 0.3) is 10.2 Å². The molecule has 7 nitrogen and oxygen atoms in total. The zero-order chi connectivity index (χ0) is 22.2. The van der Waals surface area contributed by atoms with E-state index in [2.05, 4.69) is 4.90 Å². The number of amides is 1. The molecule has 8 heteroatoms. The minimum Gasteiger partial charge on any atom is -0.493 e. The molecule has 0 unspecified atom stereocenters. The number of ether oxygens (including phenoxy) is 3. The average molecular weight is 456 g/mol. The second kappa shape index (κ2) is 11.3. The normalized spacial score (nSPS) is 14.4. The Morgan fingerprint density at radius 3 is 2.72 bits per heavy atom. The van der Waals surface area contributed by atoms with Crippen LogP contribution in [-0.2, 0) is 9.53 Å². The molecule has 1 fully saturated rings. The smallest absolute Gasteiger partial charge is 0.232 e. The summed E-state index contributed by atoms with van der Waals surface area (Å²) < 4.78 is 18.0. The van der Waals surface area contributed by atoms with E-state index in [1.165, 1.54) is 11.3 Å². The van der Waals surface area contributed by atoms with E-state index in [1.807, 2.05) is 55.5 Å². The summed E-state index contributed by atoms with van der Waals surface area (Å²) >= 11 is 1.52. The van der Waals surface area contributed by atoms with Gasteiger partial charge in [0, 0.05) is 26.2 Å². The monoisotopic (exact) mass is 455 g/mol. The Morgan fingerprint density at radius 1 is 1.12 bits per heavy atom. The Kier molecular flexibility index (Phi) is 7.92. The van der Waals surface area contributed by atoms with Crippen molar-refractivity contribution >= 4 is 32.6 Å². The third-order valence-corrected chi connectivity index (χ3v) is 6.32. The van der Waals surface area contributed by atoms with Crippen molar-refractivity contribution < 1.29 is 19.0 Å². The van der Waals surface area contributed by atoms with Gasteiger partial charge >= 0.3 is 0 Å². The molecule has 32 heavy (non-hydrogen) atoms. The molecule has 3 aromatic rings. The van der Waals surface area contributed by atoms with E-state index in [9.17, 15) is 4.79 Å². The van der Waals surface area contributed by atoms with E-state index in [0.717, 1.165) is 54.6 Å². The van der Waals surface area contributed by atoms with E-state index in [0.29, 0.717) is 24.9 Å². The van der Waals surface area contributed by atoms with Gasteiger partial charge in [0.15, 0.2) is 5.13 Å². The minimum atomic E-state index is 0.00575. The average Bonchev–Trinajstić information content (AvgIpc) is 3.26. The fourth-order valence-electron chi connectivity index (χ4n) is 3.60. The highest BCUT2D eigenvalue weighted by Crippen LogP contribution is 2.34. The highest BCUT2D eigenvalue weighted by Gasteiger charge is 2.22. The number of carbonyl (C=O) groups excluding carboxylic acids is 1. The minimum absolute atomic E-state index is 0.00575. The SMILES string of the molecule is CCOc1cccc2sc(N(CCN3CCOCC3)C(=O)CCOc3ccccc3)nc12. The summed E-state index contributed by atoms with van der Waals surface area (Å²) in [4.78, 5) is 22.1. The van der Waals surface area contributed by atoms with Gasteiger partial charge in [-0.25, -0.2) is 4.98 Å². The number of carbonyl (C=O) groups is 1. The first kappa shape index (κ1) is 22.5. The van der Waals surface area contributed by atoms with Crippen LogP contribution in [0.1, 0.15) is 13.3 Å². The molecule has 1 saturated heterocycles. The lowest BCUT2D eigenvalue weighted by Crippen LogP contribution is -2.43. The van der Waals surface area contributed by atoms with Crippen molar-refractivity contribution in [2.45, 2.75) is 13.3 Å². The predicted molar refractivity (Wildman–Crippen MR) is 127 cm³/mol. The van der Waals surface area contributed by atoms with Crippen molar-refractivity contribution in [2.75, 3.05) is 57.5 Å². The van der Waals surface area contributed by atoms with Gasteiger partial charge in [-0.2, -0.15) is 0 Å². The van der Waals surface area contributed by atoms with Crippen LogP contribution in [0, 0.1) is 0 Å². The quantitative estimate of drug-likeness (QED) is 0.463. The van der Waals surface area contributed by atoms with Crippen LogP contribution in [0.4, 0.5) is 5.13 Å². The number of anilines is 1. The number of fused-ring (bicyclic) bond motifs is 1. The molecular formula is C24H29N3O4S. The first-order valence-electron chi connectivity index (χ1n) is 11.1. The number of hydrogen-bond acceptors (Lipinski definition) is 7. The molecule has 0 N–H and O–H groups in total. The molecule has 0 atom stereocenters. The van der Waals surface area contributed by atoms with Gasteiger partial charge in [0.25, 0.3) is 0 Å². The van der Waals surface area contributed by atoms with E-state index in [1.54, 1.807) is 4.90 Å². The molecule has 0 aliphatic carbocycles. The number of aromatic nitrogens is 1. The zero-order valence-corrected chi connectivity index (χ0v) is 19.2. The maximum absolute atomic E-state index is 13.2. The summed E-state index contributed by atoms with van der Waals surface area (Å²) in [6, 6.07) is 15.5. The molecule has 170 valence electrons. The van der Waals surface area contributed by atoms with Gasteiger partial charge in [-0.1, -0.05) is 35.6 Å².